The van der Waals surface area contributed by atoms with Crippen LogP contribution in [0.5, 0.6) is 0 Å². The molecule has 0 aliphatic heterocycles. The van der Waals surface area contributed by atoms with Crippen LogP contribution in [0.1, 0.15) is 36.5 Å². The van der Waals surface area contributed by atoms with Gasteiger partial charge in [0, 0.05) is 12.1 Å². The summed E-state index contributed by atoms with van der Waals surface area (Å²) < 4.78 is 1.93. The van der Waals surface area contributed by atoms with Crippen LogP contribution >= 0.6 is 43.2 Å². The highest BCUT2D eigenvalue weighted by molar-refractivity contribution is 9.12. The van der Waals surface area contributed by atoms with E-state index in [-0.39, 0.29) is 5.78 Å². The molecule has 18 heavy (non-hydrogen) atoms. The first-order valence-electron chi connectivity index (χ1n) is 6.30. The summed E-state index contributed by atoms with van der Waals surface area (Å²) in [6.07, 6.45) is 4.02. The van der Waals surface area contributed by atoms with Gasteiger partial charge < -0.3 is 0 Å². The number of carbonyl (C=O) groups excluding carboxylic acids is 1. The van der Waals surface area contributed by atoms with Crippen LogP contribution < -0.4 is 0 Å². The maximum Gasteiger partial charge on any atom is 0.178 e. The molecule has 1 heterocycles. The molecule has 1 aromatic rings. The van der Waals surface area contributed by atoms with Gasteiger partial charge in [-0.25, -0.2) is 0 Å². The molecule has 1 saturated carbocycles. The molecule has 1 aliphatic carbocycles. The molecule has 1 fully saturated rings. The van der Waals surface area contributed by atoms with Gasteiger partial charge in [-0.2, -0.15) is 0 Å². The van der Waals surface area contributed by atoms with Crippen LogP contribution in [0.3, 0.4) is 0 Å². The van der Waals surface area contributed by atoms with Crippen LogP contribution in [0.4, 0.5) is 0 Å². The lowest BCUT2D eigenvalue weighted by molar-refractivity contribution is 0.0904. The minimum absolute atomic E-state index is 0.213. The van der Waals surface area contributed by atoms with Gasteiger partial charge in [0.2, 0.25) is 0 Å². The third-order valence-electron chi connectivity index (χ3n) is 3.51. The van der Waals surface area contributed by atoms with Crippen molar-refractivity contribution in [3.63, 3.8) is 0 Å². The van der Waals surface area contributed by atoms with Crippen molar-refractivity contribution in [2.24, 2.45) is 5.92 Å². The third-order valence-corrected chi connectivity index (χ3v) is 5.85. The number of Topliss-reactive ketones (excluding diaryl/α,β-unsaturated/α-hetero) is 1. The highest BCUT2D eigenvalue weighted by Crippen LogP contribution is 2.32. The minimum Gasteiger partial charge on any atom is -0.296 e. The van der Waals surface area contributed by atoms with Crippen molar-refractivity contribution in [2.75, 3.05) is 19.6 Å². The van der Waals surface area contributed by atoms with Gasteiger partial charge in [-0.15, -0.1) is 11.3 Å². The second-order valence-corrected chi connectivity index (χ2v) is 8.54. The average Bonchev–Trinajstić information content (AvgIpc) is 2.61. The third kappa shape index (κ3) is 3.65. The molecule has 0 bridgehead atoms. The highest BCUT2D eigenvalue weighted by atomic mass is 79.9. The maximum absolute atomic E-state index is 12.3. The number of nitrogens with zero attached hydrogens (tertiary/aromatic N) is 1. The first kappa shape index (κ1) is 14.7. The van der Waals surface area contributed by atoms with Crippen LogP contribution in [0.2, 0.25) is 0 Å². The highest BCUT2D eigenvalue weighted by Gasteiger charge is 2.22. The molecule has 0 aromatic carbocycles. The Hall–Kier alpha value is 0.290. The van der Waals surface area contributed by atoms with Crippen LogP contribution in [0.15, 0.2) is 13.6 Å². The fourth-order valence-corrected chi connectivity index (χ4v) is 5.02. The summed E-state index contributed by atoms with van der Waals surface area (Å²) in [6.45, 7) is 4.69. The SMILES string of the molecule is CCN(CC(=O)c1cc(Br)sc1Br)CC1CCC1. The molecular formula is C13H17Br2NOS. The van der Waals surface area contributed by atoms with Crippen molar-refractivity contribution in [1.29, 1.82) is 0 Å². The van der Waals surface area contributed by atoms with E-state index in [2.05, 4.69) is 43.7 Å². The van der Waals surface area contributed by atoms with E-state index in [1.54, 1.807) is 11.3 Å². The van der Waals surface area contributed by atoms with E-state index < -0.39 is 0 Å². The monoisotopic (exact) mass is 393 g/mol. The summed E-state index contributed by atoms with van der Waals surface area (Å²) in [5.41, 5.74) is 0.805. The largest absolute Gasteiger partial charge is 0.296 e. The van der Waals surface area contributed by atoms with Gasteiger partial charge >= 0.3 is 0 Å². The zero-order valence-electron chi connectivity index (χ0n) is 10.4. The number of ketones is 1. The van der Waals surface area contributed by atoms with Crippen molar-refractivity contribution in [3.05, 3.63) is 19.2 Å². The molecule has 2 rings (SSSR count). The molecule has 100 valence electrons. The number of hydrogen-bond donors (Lipinski definition) is 0. The Morgan fingerprint density at radius 1 is 1.50 bits per heavy atom. The molecular weight excluding hydrogens is 378 g/mol. The molecule has 1 aromatic heterocycles. The second kappa shape index (κ2) is 6.64. The normalized spacial score (nSPS) is 16.0. The minimum atomic E-state index is 0.213. The Morgan fingerprint density at radius 2 is 2.22 bits per heavy atom. The lowest BCUT2D eigenvalue weighted by atomic mass is 9.85. The Kier molecular flexibility index (Phi) is 5.42. The predicted molar refractivity (Wildman–Crippen MR) is 83.5 cm³/mol. The smallest absolute Gasteiger partial charge is 0.178 e. The van der Waals surface area contributed by atoms with Crippen molar-refractivity contribution in [2.45, 2.75) is 26.2 Å². The lowest BCUT2D eigenvalue weighted by Crippen LogP contribution is -2.36. The first-order valence-corrected chi connectivity index (χ1v) is 8.70. The molecule has 0 amide bonds. The number of hydrogen-bond acceptors (Lipinski definition) is 3. The van der Waals surface area contributed by atoms with Crippen molar-refractivity contribution >= 4 is 49.0 Å². The second-order valence-electron chi connectivity index (χ2n) is 4.79. The Morgan fingerprint density at radius 3 is 2.67 bits per heavy atom. The van der Waals surface area contributed by atoms with E-state index in [0.29, 0.717) is 6.54 Å². The zero-order valence-corrected chi connectivity index (χ0v) is 14.4. The summed E-state index contributed by atoms with van der Waals surface area (Å²) in [4.78, 5) is 14.5. The standard InChI is InChI=1S/C13H17Br2NOS/c1-2-16(7-9-4-3-5-9)8-11(17)10-6-12(14)18-13(10)15/h6,9H,2-5,7-8H2,1H3. The average molecular weight is 395 g/mol. The van der Waals surface area contributed by atoms with Crippen molar-refractivity contribution < 1.29 is 4.79 Å². The molecule has 0 radical (unpaired) electrons. The molecule has 0 saturated heterocycles. The number of carbonyl (C=O) groups is 1. The van der Waals surface area contributed by atoms with Crippen molar-refractivity contribution in [1.82, 2.24) is 4.90 Å². The lowest BCUT2D eigenvalue weighted by Gasteiger charge is -2.31. The van der Waals surface area contributed by atoms with Gasteiger partial charge in [-0.1, -0.05) is 13.3 Å². The van der Waals surface area contributed by atoms with Crippen LogP contribution in [0, 0.1) is 5.92 Å². The van der Waals surface area contributed by atoms with Crippen LogP contribution in [0.25, 0.3) is 0 Å². The Bertz CT molecular complexity index is 429. The number of rotatable bonds is 6. The Balaban J connectivity index is 1.93. The maximum atomic E-state index is 12.3. The van der Waals surface area contributed by atoms with E-state index in [9.17, 15) is 4.79 Å². The quantitative estimate of drug-likeness (QED) is 0.658. The van der Waals surface area contributed by atoms with Gasteiger partial charge in [0.05, 0.1) is 14.1 Å². The molecule has 0 spiro atoms. The summed E-state index contributed by atoms with van der Waals surface area (Å²) >= 11 is 8.43. The van der Waals surface area contributed by atoms with Gasteiger partial charge in [0.15, 0.2) is 5.78 Å². The molecule has 2 nitrogen and oxygen atoms in total. The number of halogens is 2. The number of thiophene rings is 1. The summed E-state index contributed by atoms with van der Waals surface area (Å²) in [5, 5.41) is 0. The summed E-state index contributed by atoms with van der Waals surface area (Å²) in [6, 6.07) is 1.91. The van der Waals surface area contributed by atoms with Gasteiger partial charge in [0.25, 0.3) is 0 Å². The topological polar surface area (TPSA) is 20.3 Å². The van der Waals surface area contributed by atoms with E-state index >= 15 is 0 Å². The van der Waals surface area contributed by atoms with E-state index in [4.69, 9.17) is 0 Å². The van der Waals surface area contributed by atoms with Crippen molar-refractivity contribution in [3.8, 4) is 0 Å². The predicted octanol–water partition coefficient (Wildman–Crippen LogP) is 4.58. The zero-order chi connectivity index (χ0) is 13.1. The molecule has 0 N–H and O–H groups in total. The molecule has 5 heteroatoms. The molecule has 0 atom stereocenters. The Labute approximate surface area is 129 Å². The van der Waals surface area contributed by atoms with E-state index in [1.165, 1.54) is 19.3 Å². The van der Waals surface area contributed by atoms with Gasteiger partial charge in [0.1, 0.15) is 0 Å². The fourth-order valence-electron chi connectivity index (χ4n) is 2.16. The van der Waals surface area contributed by atoms with E-state index in [0.717, 1.165) is 32.1 Å². The van der Waals surface area contributed by atoms with Crippen LogP contribution in [-0.4, -0.2) is 30.3 Å². The first-order chi connectivity index (χ1) is 8.60. The summed E-state index contributed by atoms with van der Waals surface area (Å²) in [7, 11) is 0. The molecule has 1 aliphatic rings. The van der Waals surface area contributed by atoms with Crippen LogP contribution in [-0.2, 0) is 0 Å². The molecule has 0 unspecified atom stereocenters. The van der Waals surface area contributed by atoms with Gasteiger partial charge in [-0.3, -0.25) is 9.69 Å². The number of likely N-dealkylation sites (N-methyl/N-ethyl adjacent to an activating group) is 1. The van der Waals surface area contributed by atoms with Gasteiger partial charge in [-0.05, 0) is 63.2 Å². The fraction of sp³-hybridized carbons (Fsp3) is 0.615. The van der Waals surface area contributed by atoms with E-state index in [1.807, 2.05) is 6.07 Å². The summed E-state index contributed by atoms with van der Waals surface area (Å²) in [5.74, 6) is 1.03.